The number of hydrogen-bond donors (Lipinski definition) is 1. The lowest BCUT2D eigenvalue weighted by atomic mass is 9.63. The van der Waals surface area contributed by atoms with Crippen molar-refractivity contribution in [2.24, 2.45) is 29.6 Å². The molecule has 4 aliphatic rings. The van der Waals surface area contributed by atoms with Gasteiger partial charge in [0.25, 0.3) is 0 Å². The SMILES string of the molecule is C1=C(C2CCCCCC2)C(C2CCCCCC2)C(C2CCCCCC2)CN1. The van der Waals surface area contributed by atoms with Crippen LogP contribution in [0.3, 0.4) is 0 Å². The first-order valence-corrected chi connectivity index (χ1v) is 12.9. The fourth-order valence-corrected chi connectivity index (χ4v) is 7.28. The lowest BCUT2D eigenvalue weighted by Crippen LogP contribution is -2.42. The van der Waals surface area contributed by atoms with Crippen molar-refractivity contribution in [2.75, 3.05) is 6.54 Å². The van der Waals surface area contributed by atoms with Gasteiger partial charge in [-0.2, -0.15) is 0 Å². The van der Waals surface area contributed by atoms with Crippen molar-refractivity contribution in [2.45, 2.75) is 116 Å². The summed E-state index contributed by atoms with van der Waals surface area (Å²) in [5.41, 5.74) is 1.91. The highest BCUT2D eigenvalue weighted by molar-refractivity contribution is 5.18. The minimum atomic E-state index is 0.904. The molecule has 3 aliphatic carbocycles. The maximum absolute atomic E-state index is 3.84. The Labute approximate surface area is 169 Å². The lowest BCUT2D eigenvalue weighted by Gasteiger charge is -2.44. The van der Waals surface area contributed by atoms with Crippen molar-refractivity contribution in [1.29, 1.82) is 0 Å². The molecule has 0 bridgehead atoms. The number of rotatable bonds is 3. The Bertz CT molecular complexity index is 443. The molecule has 2 unspecified atom stereocenters. The summed E-state index contributed by atoms with van der Waals surface area (Å²) in [6, 6.07) is 0. The fraction of sp³-hybridized carbons (Fsp3) is 0.923. The Morgan fingerprint density at radius 1 is 0.556 bits per heavy atom. The topological polar surface area (TPSA) is 12.0 Å². The fourth-order valence-electron chi connectivity index (χ4n) is 7.28. The quantitative estimate of drug-likeness (QED) is 0.503. The van der Waals surface area contributed by atoms with Gasteiger partial charge in [-0.15, -0.1) is 0 Å². The maximum Gasteiger partial charge on any atom is 0.0178 e. The van der Waals surface area contributed by atoms with Gasteiger partial charge in [-0.25, -0.2) is 0 Å². The maximum atomic E-state index is 3.84. The van der Waals surface area contributed by atoms with E-state index in [0.717, 1.165) is 29.6 Å². The van der Waals surface area contributed by atoms with E-state index < -0.39 is 0 Å². The van der Waals surface area contributed by atoms with E-state index in [1.807, 2.05) is 5.57 Å². The second-order valence-corrected chi connectivity index (χ2v) is 10.4. The third-order valence-electron chi connectivity index (χ3n) is 8.71. The van der Waals surface area contributed by atoms with Crippen molar-refractivity contribution < 1.29 is 0 Å². The van der Waals surface area contributed by atoms with E-state index in [9.17, 15) is 0 Å². The minimum absolute atomic E-state index is 0.904. The molecule has 1 nitrogen and oxygen atoms in total. The molecule has 0 aromatic rings. The first kappa shape index (κ1) is 19.8. The zero-order valence-electron chi connectivity index (χ0n) is 17.9. The smallest absolute Gasteiger partial charge is 0.0178 e. The van der Waals surface area contributed by atoms with E-state index in [1.165, 1.54) is 122 Å². The molecular formula is C26H45N. The van der Waals surface area contributed by atoms with Gasteiger partial charge in [0, 0.05) is 6.54 Å². The van der Waals surface area contributed by atoms with Gasteiger partial charge >= 0.3 is 0 Å². The summed E-state index contributed by atoms with van der Waals surface area (Å²) in [5.74, 6) is 4.77. The van der Waals surface area contributed by atoms with Gasteiger partial charge in [-0.05, 0) is 67.0 Å². The Morgan fingerprint density at radius 2 is 1.04 bits per heavy atom. The van der Waals surface area contributed by atoms with Crippen LogP contribution in [0.25, 0.3) is 0 Å². The van der Waals surface area contributed by atoms with E-state index in [4.69, 9.17) is 0 Å². The van der Waals surface area contributed by atoms with E-state index in [2.05, 4.69) is 11.5 Å². The second-order valence-electron chi connectivity index (χ2n) is 10.4. The van der Waals surface area contributed by atoms with Crippen molar-refractivity contribution >= 4 is 0 Å². The zero-order valence-corrected chi connectivity index (χ0v) is 17.9. The average Bonchev–Trinajstić information content (AvgIpc) is 3.23. The lowest BCUT2D eigenvalue weighted by molar-refractivity contribution is 0.140. The molecule has 4 rings (SSSR count). The normalized spacial score (nSPS) is 33.4. The Morgan fingerprint density at radius 3 is 1.59 bits per heavy atom. The Hall–Kier alpha value is -0.460. The first-order chi connectivity index (χ1) is 13.4. The largest absolute Gasteiger partial charge is 0.391 e. The molecule has 27 heavy (non-hydrogen) atoms. The molecule has 0 saturated heterocycles. The van der Waals surface area contributed by atoms with Crippen LogP contribution in [0.4, 0.5) is 0 Å². The molecule has 3 fully saturated rings. The van der Waals surface area contributed by atoms with Gasteiger partial charge in [0.15, 0.2) is 0 Å². The van der Waals surface area contributed by atoms with Crippen LogP contribution >= 0.6 is 0 Å². The van der Waals surface area contributed by atoms with Crippen molar-refractivity contribution in [3.05, 3.63) is 11.8 Å². The van der Waals surface area contributed by atoms with Gasteiger partial charge < -0.3 is 5.32 Å². The number of allylic oxidation sites excluding steroid dienone is 1. The summed E-state index contributed by atoms with van der Waals surface area (Å²) in [5, 5.41) is 3.84. The average molecular weight is 372 g/mol. The number of nitrogens with one attached hydrogen (secondary N) is 1. The molecule has 0 radical (unpaired) electrons. The summed E-state index contributed by atoms with van der Waals surface area (Å²) >= 11 is 0. The van der Waals surface area contributed by atoms with E-state index in [1.54, 1.807) is 0 Å². The highest BCUT2D eigenvalue weighted by Gasteiger charge is 2.40. The van der Waals surface area contributed by atoms with Gasteiger partial charge in [0.2, 0.25) is 0 Å². The van der Waals surface area contributed by atoms with Crippen LogP contribution in [0.1, 0.15) is 116 Å². The van der Waals surface area contributed by atoms with Crippen molar-refractivity contribution in [1.82, 2.24) is 5.32 Å². The molecule has 1 N–H and O–H groups in total. The molecule has 2 atom stereocenters. The van der Waals surface area contributed by atoms with Crippen LogP contribution in [0.15, 0.2) is 11.8 Å². The Kier molecular flexibility index (Phi) is 7.61. The molecule has 1 heterocycles. The standard InChI is InChI=1S/C26H45N/c1-2-8-14-21(13-7-1)24-19-27-20-25(22-15-9-3-4-10-16-22)26(24)23-17-11-5-6-12-18-23/h19,21-23,25-27H,1-18,20H2. The van der Waals surface area contributed by atoms with Gasteiger partial charge in [-0.3, -0.25) is 0 Å². The highest BCUT2D eigenvalue weighted by Crippen LogP contribution is 2.48. The molecule has 1 aliphatic heterocycles. The molecule has 0 spiro atoms. The molecule has 0 aromatic heterocycles. The predicted molar refractivity (Wildman–Crippen MR) is 117 cm³/mol. The summed E-state index contributed by atoms with van der Waals surface area (Å²) in [7, 11) is 0. The Balaban J connectivity index is 1.58. The van der Waals surface area contributed by atoms with E-state index in [0.29, 0.717) is 0 Å². The van der Waals surface area contributed by atoms with E-state index >= 15 is 0 Å². The minimum Gasteiger partial charge on any atom is -0.391 e. The van der Waals surface area contributed by atoms with E-state index in [-0.39, 0.29) is 0 Å². The van der Waals surface area contributed by atoms with Crippen LogP contribution in [0, 0.1) is 29.6 Å². The van der Waals surface area contributed by atoms with Gasteiger partial charge in [0.05, 0.1) is 0 Å². The summed E-state index contributed by atoms with van der Waals surface area (Å²) in [4.78, 5) is 0. The molecule has 0 aromatic carbocycles. The monoisotopic (exact) mass is 371 g/mol. The third kappa shape index (κ3) is 5.13. The third-order valence-corrected chi connectivity index (χ3v) is 8.71. The molecule has 3 saturated carbocycles. The molecule has 0 amide bonds. The van der Waals surface area contributed by atoms with Crippen LogP contribution in [0.5, 0.6) is 0 Å². The summed E-state index contributed by atoms with van der Waals surface area (Å²) in [6.07, 6.45) is 29.5. The van der Waals surface area contributed by atoms with Gasteiger partial charge in [0.1, 0.15) is 0 Å². The summed E-state index contributed by atoms with van der Waals surface area (Å²) < 4.78 is 0. The van der Waals surface area contributed by atoms with Crippen molar-refractivity contribution in [3.63, 3.8) is 0 Å². The van der Waals surface area contributed by atoms with Crippen LogP contribution in [0.2, 0.25) is 0 Å². The summed E-state index contributed by atoms with van der Waals surface area (Å²) in [6.45, 7) is 1.28. The van der Waals surface area contributed by atoms with Crippen LogP contribution in [-0.4, -0.2) is 6.54 Å². The number of hydrogen-bond acceptors (Lipinski definition) is 1. The van der Waals surface area contributed by atoms with Crippen LogP contribution in [-0.2, 0) is 0 Å². The highest BCUT2D eigenvalue weighted by atomic mass is 14.9. The first-order valence-electron chi connectivity index (χ1n) is 12.9. The zero-order chi connectivity index (χ0) is 18.3. The van der Waals surface area contributed by atoms with Gasteiger partial charge in [-0.1, -0.05) is 89.9 Å². The second kappa shape index (κ2) is 10.4. The predicted octanol–water partition coefficient (Wildman–Crippen LogP) is 7.62. The van der Waals surface area contributed by atoms with Crippen molar-refractivity contribution in [3.8, 4) is 0 Å². The van der Waals surface area contributed by atoms with Crippen LogP contribution < -0.4 is 5.32 Å². The molecule has 1 heteroatoms. The molecular weight excluding hydrogens is 326 g/mol. The molecule has 154 valence electrons.